The molecule has 0 aliphatic carbocycles. The van der Waals surface area contributed by atoms with Crippen LogP contribution in [0.3, 0.4) is 0 Å². The number of nitrogens with one attached hydrogen (secondary N) is 2. The topological polar surface area (TPSA) is 27.3 Å². The summed E-state index contributed by atoms with van der Waals surface area (Å²) in [6.45, 7) is 4.49. The summed E-state index contributed by atoms with van der Waals surface area (Å²) in [7, 11) is 0. The van der Waals surface area contributed by atoms with E-state index in [0.717, 1.165) is 11.4 Å². The van der Waals surface area contributed by atoms with Crippen LogP contribution in [0.2, 0.25) is 0 Å². The molecule has 1 fully saturated rings. The summed E-state index contributed by atoms with van der Waals surface area (Å²) < 4.78 is 0. The van der Waals surface area contributed by atoms with Gasteiger partial charge in [0.05, 0.1) is 6.04 Å². The molecular formula is C27H31N3S2. The van der Waals surface area contributed by atoms with Gasteiger partial charge in [0.25, 0.3) is 0 Å². The fourth-order valence-corrected chi connectivity index (χ4v) is 5.11. The fourth-order valence-electron chi connectivity index (χ4n) is 3.94. The van der Waals surface area contributed by atoms with Crippen LogP contribution in [0.15, 0.2) is 83.8 Å². The van der Waals surface area contributed by atoms with E-state index in [1.165, 1.54) is 54.1 Å². The van der Waals surface area contributed by atoms with E-state index in [0.29, 0.717) is 5.11 Å². The molecule has 0 unspecified atom stereocenters. The van der Waals surface area contributed by atoms with Crippen LogP contribution in [-0.4, -0.2) is 18.2 Å². The smallest absolute Gasteiger partial charge is 0.171 e. The Morgan fingerprint density at radius 3 is 2.28 bits per heavy atom. The monoisotopic (exact) mass is 461 g/mol. The zero-order chi connectivity index (χ0) is 22.2. The van der Waals surface area contributed by atoms with Gasteiger partial charge in [-0.2, -0.15) is 0 Å². The van der Waals surface area contributed by atoms with Crippen LogP contribution in [0, 0.1) is 0 Å². The van der Waals surface area contributed by atoms with Gasteiger partial charge in [0.1, 0.15) is 0 Å². The van der Waals surface area contributed by atoms with E-state index in [4.69, 9.17) is 12.2 Å². The summed E-state index contributed by atoms with van der Waals surface area (Å²) in [5.74, 6) is 0.956. The molecule has 0 aromatic heterocycles. The summed E-state index contributed by atoms with van der Waals surface area (Å²) >= 11 is 7.40. The van der Waals surface area contributed by atoms with E-state index < -0.39 is 0 Å². The molecular weight excluding hydrogens is 430 g/mol. The minimum atomic E-state index is 0.145. The fraction of sp³-hybridized carbons (Fsp3) is 0.296. The second kappa shape index (κ2) is 11.4. The van der Waals surface area contributed by atoms with Crippen molar-refractivity contribution in [2.45, 2.75) is 42.9 Å². The van der Waals surface area contributed by atoms with Gasteiger partial charge in [0.2, 0.25) is 0 Å². The average molecular weight is 462 g/mol. The van der Waals surface area contributed by atoms with Gasteiger partial charge in [0.15, 0.2) is 5.11 Å². The summed E-state index contributed by atoms with van der Waals surface area (Å²) in [5.41, 5.74) is 4.86. The molecule has 1 aliphatic rings. The van der Waals surface area contributed by atoms with Crippen LogP contribution in [-0.2, 0) is 5.75 Å². The molecule has 0 spiro atoms. The molecule has 0 saturated carbocycles. The Bertz CT molecular complexity index is 982. The van der Waals surface area contributed by atoms with Crippen LogP contribution in [0.5, 0.6) is 0 Å². The first-order chi connectivity index (χ1) is 15.7. The number of anilines is 2. The van der Waals surface area contributed by atoms with Gasteiger partial charge in [-0.1, -0.05) is 42.5 Å². The molecule has 166 valence electrons. The maximum atomic E-state index is 5.55. The quantitative estimate of drug-likeness (QED) is 0.291. The lowest BCUT2D eigenvalue weighted by molar-refractivity contribution is 0.577. The molecule has 32 heavy (non-hydrogen) atoms. The second-order valence-corrected chi connectivity index (χ2v) is 9.72. The van der Waals surface area contributed by atoms with E-state index in [1.807, 2.05) is 17.8 Å². The maximum Gasteiger partial charge on any atom is 0.171 e. The molecule has 1 saturated heterocycles. The molecule has 5 heteroatoms. The van der Waals surface area contributed by atoms with Crippen LogP contribution < -0.4 is 15.5 Å². The molecule has 1 aliphatic heterocycles. The zero-order valence-electron chi connectivity index (χ0n) is 18.6. The van der Waals surface area contributed by atoms with Crippen LogP contribution in [0.1, 0.15) is 43.4 Å². The van der Waals surface area contributed by atoms with E-state index in [1.54, 1.807) is 0 Å². The van der Waals surface area contributed by atoms with Crippen molar-refractivity contribution >= 4 is 40.5 Å². The van der Waals surface area contributed by atoms with Crippen LogP contribution in [0.4, 0.5) is 11.4 Å². The zero-order valence-corrected chi connectivity index (χ0v) is 20.2. The van der Waals surface area contributed by atoms with E-state index >= 15 is 0 Å². The SMILES string of the molecule is C[C@H](NC(=S)Nc1ccc(CSc2ccccc2)cc1)c1ccc(N2CCCCC2)cc1. The Morgan fingerprint density at radius 1 is 0.906 bits per heavy atom. The Balaban J connectivity index is 1.25. The maximum absolute atomic E-state index is 5.55. The third-order valence-electron chi connectivity index (χ3n) is 5.82. The molecule has 1 atom stereocenters. The number of nitrogens with zero attached hydrogens (tertiary/aromatic N) is 1. The predicted octanol–water partition coefficient (Wildman–Crippen LogP) is 7.02. The average Bonchev–Trinajstić information content (AvgIpc) is 2.85. The summed E-state index contributed by atoms with van der Waals surface area (Å²) in [4.78, 5) is 3.78. The Morgan fingerprint density at radius 2 is 1.59 bits per heavy atom. The van der Waals surface area contributed by atoms with Crippen molar-refractivity contribution in [2.24, 2.45) is 0 Å². The Kier molecular flexibility index (Phi) is 8.07. The Labute approximate surface area is 201 Å². The minimum absolute atomic E-state index is 0.145. The van der Waals surface area contributed by atoms with Gasteiger partial charge < -0.3 is 15.5 Å². The highest BCUT2D eigenvalue weighted by atomic mass is 32.2. The van der Waals surface area contributed by atoms with Gasteiger partial charge in [-0.25, -0.2) is 0 Å². The molecule has 0 bridgehead atoms. The number of thiocarbonyl (C=S) groups is 1. The standard InChI is InChI=1S/C27H31N3S2/c1-21(23-12-16-25(17-13-23)30-18-6-3-7-19-30)28-27(31)29-24-14-10-22(11-15-24)20-32-26-8-4-2-5-9-26/h2,4-5,8-17,21H,3,6-7,18-20H2,1H3,(H2,28,29,31)/t21-/m0/s1. The first-order valence-electron chi connectivity index (χ1n) is 11.4. The Hall–Kier alpha value is -2.50. The molecule has 1 heterocycles. The largest absolute Gasteiger partial charge is 0.372 e. The third kappa shape index (κ3) is 6.50. The van der Waals surface area contributed by atoms with Crippen molar-refractivity contribution in [3.05, 3.63) is 90.0 Å². The number of hydrogen-bond acceptors (Lipinski definition) is 3. The van der Waals surface area contributed by atoms with Crippen molar-refractivity contribution in [1.82, 2.24) is 5.32 Å². The summed E-state index contributed by atoms with van der Waals surface area (Å²) in [5, 5.41) is 7.36. The minimum Gasteiger partial charge on any atom is -0.372 e. The second-order valence-electron chi connectivity index (χ2n) is 8.26. The number of rotatable bonds is 7. The van der Waals surface area contributed by atoms with E-state index in [-0.39, 0.29) is 6.04 Å². The summed E-state index contributed by atoms with van der Waals surface area (Å²) in [6, 6.07) is 28.0. The highest BCUT2D eigenvalue weighted by Crippen LogP contribution is 2.24. The lowest BCUT2D eigenvalue weighted by Gasteiger charge is -2.29. The molecule has 3 aromatic carbocycles. The normalized spacial score (nSPS) is 14.6. The van der Waals surface area contributed by atoms with Crippen molar-refractivity contribution in [3.63, 3.8) is 0 Å². The van der Waals surface area contributed by atoms with Gasteiger partial charge in [-0.15, -0.1) is 11.8 Å². The van der Waals surface area contributed by atoms with Gasteiger partial charge >= 0.3 is 0 Å². The van der Waals surface area contributed by atoms with Crippen molar-refractivity contribution in [2.75, 3.05) is 23.3 Å². The molecule has 2 N–H and O–H groups in total. The van der Waals surface area contributed by atoms with Crippen LogP contribution in [0.25, 0.3) is 0 Å². The number of hydrogen-bond donors (Lipinski definition) is 2. The lowest BCUT2D eigenvalue weighted by atomic mass is 10.1. The molecule has 4 rings (SSSR count). The molecule has 3 nitrogen and oxygen atoms in total. The van der Waals surface area contributed by atoms with E-state index in [9.17, 15) is 0 Å². The van der Waals surface area contributed by atoms with E-state index in [2.05, 4.69) is 95.3 Å². The number of thioether (sulfide) groups is 1. The first-order valence-corrected chi connectivity index (χ1v) is 12.8. The van der Waals surface area contributed by atoms with Gasteiger partial charge in [0, 0.05) is 35.1 Å². The lowest BCUT2D eigenvalue weighted by Crippen LogP contribution is -2.31. The summed E-state index contributed by atoms with van der Waals surface area (Å²) in [6.07, 6.45) is 3.95. The highest BCUT2D eigenvalue weighted by Gasteiger charge is 2.12. The number of piperidine rings is 1. The molecule has 0 radical (unpaired) electrons. The van der Waals surface area contributed by atoms with Gasteiger partial charge in [-0.3, -0.25) is 0 Å². The van der Waals surface area contributed by atoms with Crippen LogP contribution >= 0.6 is 24.0 Å². The van der Waals surface area contributed by atoms with Crippen molar-refractivity contribution in [3.8, 4) is 0 Å². The van der Waals surface area contributed by atoms with Gasteiger partial charge in [-0.05, 0) is 85.9 Å². The molecule has 0 amide bonds. The predicted molar refractivity (Wildman–Crippen MR) is 143 cm³/mol. The van der Waals surface area contributed by atoms with Crippen molar-refractivity contribution in [1.29, 1.82) is 0 Å². The third-order valence-corrected chi connectivity index (χ3v) is 7.13. The highest BCUT2D eigenvalue weighted by molar-refractivity contribution is 7.98. The number of benzene rings is 3. The molecule has 3 aromatic rings. The first kappa shape index (κ1) is 22.7. The van der Waals surface area contributed by atoms with Crippen molar-refractivity contribution < 1.29 is 0 Å².